The molecule has 1 heterocycles. The first-order valence-corrected chi connectivity index (χ1v) is 4.38. The van der Waals surface area contributed by atoms with E-state index in [4.69, 9.17) is 0 Å². The van der Waals surface area contributed by atoms with Gasteiger partial charge in [-0.3, -0.25) is 0 Å². The first kappa shape index (κ1) is 9.59. The molecule has 0 unspecified atom stereocenters. The summed E-state index contributed by atoms with van der Waals surface area (Å²) >= 11 is 0. The summed E-state index contributed by atoms with van der Waals surface area (Å²) in [7, 11) is 0. The van der Waals surface area contributed by atoms with E-state index in [1.165, 1.54) is 5.22 Å². The van der Waals surface area contributed by atoms with Crippen LogP contribution in [0, 0.1) is 0 Å². The lowest BCUT2D eigenvalue weighted by Crippen LogP contribution is -2.22. The highest BCUT2D eigenvalue weighted by Gasteiger charge is 2.00. The third kappa shape index (κ3) is 1.50. The second kappa shape index (κ2) is 3.94. The Kier molecular flexibility index (Phi) is 2.91. The van der Waals surface area contributed by atoms with Gasteiger partial charge in [-0.25, -0.2) is 0 Å². The predicted octanol–water partition coefficient (Wildman–Crippen LogP) is 1.90. The lowest BCUT2D eigenvalue weighted by Gasteiger charge is -1.88. The molecule has 0 aromatic carbocycles. The Balaban J connectivity index is 3.74. The van der Waals surface area contributed by atoms with Crippen LogP contribution in [0.25, 0.3) is 24.3 Å². The van der Waals surface area contributed by atoms with E-state index in [2.05, 4.69) is 30.3 Å². The Morgan fingerprint density at radius 3 is 2.15 bits per heavy atom. The van der Waals surface area contributed by atoms with Gasteiger partial charge < -0.3 is 4.98 Å². The summed E-state index contributed by atoms with van der Waals surface area (Å²) in [6, 6.07) is 0. The van der Waals surface area contributed by atoms with Crippen LogP contribution < -0.4 is 10.6 Å². The fraction of sp³-hybridized carbons (Fsp3) is 0.167. The van der Waals surface area contributed by atoms with Crippen LogP contribution in [-0.2, 0) is 0 Å². The molecule has 0 fully saturated rings. The first-order chi connectivity index (χ1) is 6.28. The number of aromatic nitrogens is 1. The van der Waals surface area contributed by atoms with Gasteiger partial charge >= 0.3 is 0 Å². The highest BCUT2D eigenvalue weighted by molar-refractivity contribution is 5.63. The van der Waals surface area contributed by atoms with Gasteiger partial charge in [0.1, 0.15) is 0 Å². The van der Waals surface area contributed by atoms with Crippen LogP contribution in [0.15, 0.2) is 13.2 Å². The number of hydrogen-bond acceptors (Lipinski definition) is 0. The molecule has 0 aliphatic heterocycles. The molecule has 1 aromatic heterocycles. The number of hydrogen-bond donors (Lipinski definition) is 1. The molecule has 1 nitrogen and oxygen atoms in total. The van der Waals surface area contributed by atoms with E-state index in [-0.39, 0.29) is 0 Å². The molecule has 13 heavy (non-hydrogen) atoms. The van der Waals surface area contributed by atoms with Gasteiger partial charge in [0.25, 0.3) is 0 Å². The summed E-state index contributed by atoms with van der Waals surface area (Å²) < 4.78 is 0. The summed E-state index contributed by atoms with van der Waals surface area (Å²) in [5.41, 5.74) is 2.17. The van der Waals surface area contributed by atoms with Crippen molar-refractivity contribution in [3.05, 3.63) is 35.0 Å². The molecule has 0 atom stereocenters. The van der Waals surface area contributed by atoms with Crippen LogP contribution >= 0.6 is 0 Å². The van der Waals surface area contributed by atoms with E-state index in [1.807, 2.05) is 26.0 Å². The van der Waals surface area contributed by atoms with Gasteiger partial charge in [-0.15, -0.1) is 0 Å². The molecule has 0 amide bonds. The molecule has 0 aliphatic rings. The van der Waals surface area contributed by atoms with E-state index in [9.17, 15) is 0 Å². The van der Waals surface area contributed by atoms with Crippen molar-refractivity contribution in [2.24, 2.45) is 0 Å². The zero-order valence-electron chi connectivity index (χ0n) is 8.22. The summed E-state index contributed by atoms with van der Waals surface area (Å²) in [4.78, 5) is 3.28. The topological polar surface area (TPSA) is 15.8 Å². The minimum Gasteiger partial charge on any atom is -0.355 e. The fourth-order valence-corrected chi connectivity index (χ4v) is 1.49. The third-order valence-corrected chi connectivity index (χ3v) is 2.13. The van der Waals surface area contributed by atoms with Gasteiger partial charge in [0.15, 0.2) is 0 Å². The molecule has 0 aliphatic carbocycles. The predicted molar refractivity (Wildman–Crippen MR) is 60.5 cm³/mol. The summed E-state index contributed by atoms with van der Waals surface area (Å²) in [6.45, 7) is 11.6. The van der Waals surface area contributed by atoms with Crippen molar-refractivity contribution in [1.29, 1.82) is 0 Å². The molecular weight excluding hydrogens is 158 g/mol. The molecule has 0 saturated carbocycles. The van der Waals surface area contributed by atoms with Crippen LogP contribution in [-0.4, -0.2) is 4.98 Å². The highest BCUT2D eigenvalue weighted by atomic mass is 14.7. The van der Waals surface area contributed by atoms with Crippen molar-refractivity contribution in [2.45, 2.75) is 13.8 Å². The Morgan fingerprint density at radius 1 is 1.08 bits per heavy atom. The molecule has 0 bridgehead atoms. The zero-order chi connectivity index (χ0) is 9.84. The van der Waals surface area contributed by atoms with Crippen LogP contribution in [0.3, 0.4) is 0 Å². The fourth-order valence-electron chi connectivity index (χ4n) is 1.49. The monoisotopic (exact) mass is 173 g/mol. The average Bonchev–Trinajstić information content (AvgIpc) is 2.54. The van der Waals surface area contributed by atoms with E-state index >= 15 is 0 Å². The molecule has 68 valence electrons. The molecule has 1 N–H and O–H groups in total. The number of aromatic amines is 1. The highest BCUT2D eigenvalue weighted by Crippen LogP contribution is 2.01. The summed E-state index contributed by atoms with van der Waals surface area (Å²) in [5, 5.41) is 2.33. The first-order valence-electron chi connectivity index (χ1n) is 4.38. The molecule has 0 spiro atoms. The molecule has 1 rings (SSSR count). The minimum absolute atomic E-state index is 1.04. The van der Waals surface area contributed by atoms with Gasteiger partial charge in [0, 0.05) is 21.8 Å². The van der Waals surface area contributed by atoms with Gasteiger partial charge in [-0.1, -0.05) is 31.4 Å². The lowest BCUT2D eigenvalue weighted by molar-refractivity contribution is 1.29. The Hall–Kier alpha value is -1.50. The Bertz CT molecular complexity index is 432. The van der Waals surface area contributed by atoms with Gasteiger partial charge in [-0.05, 0) is 19.9 Å². The maximum absolute atomic E-state index is 3.79. The lowest BCUT2D eigenvalue weighted by atomic mass is 10.2. The zero-order valence-corrected chi connectivity index (χ0v) is 8.22. The van der Waals surface area contributed by atoms with Gasteiger partial charge in [-0.2, -0.15) is 0 Å². The number of rotatable bonds is 2. The van der Waals surface area contributed by atoms with E-state index in [1.54, 1.807) is 0 Å². The maximum atomic E-state index is 3.79. The van der Waals surface area contributed by atoms with E-state index < -0.39 is 0 Å². The van der Waals surface area contributed by atoms with Crippen LogP contribution in [0.2, 0.25) is 0 Å². The van der Waals surface area contributed by atoms with Crippen molar-refractivity contribution in [3.8, 4) is 0 Å². The van der Waals surface area contributed by atoms with Crippen molar-refractivity contribution in [2.75, 3.05) is 0 Å². The Labute approximate surface area is 78.8 Å². The standard InChI is InChI=1S/C12H15N/c1-5-9-10(6-2)12(8-4)13-11(9)7-3/h5-8,13H,1,3H2,2,4H3/b10-6-,12-8+. The largest absolute Gasteiger partial charge is 0.355 e. The SMILES string of the molecule is C=Cc1[nH]c(=C/C)/c(=C\C)c1C=C. The third-order valence-electron chi connectivity index (χ3n) is 2.13. The van der Waals surface area contributed by atoms with E-state index in [0.717, 1.165) is 16.6 Å². The van der Waals surface area contributed by atoms with Crippen LogP contribution in [0.1, 0.15) is 25.1 Å². The van der Waals surface area contributed by atoms with Crippen LogP contribution in [0.4, 0.5) is 0 Å². The number of nitrogens with one attached hydrogen (secondary N) is 1. The van der Waals surface area contributed by atoms with Crippen molar-refractivity contribution >= 4 is 24.3 Å². The van der Waals surface area contributed by atoms with Gasteiger partial charge in [0.05, 0.1) is 0 Å². The van der Waals surface area contributed by atoms with Crippen molar-refractivity contribution in [1.82, 2.24) is 4.98 Å². The van der Waals surface area contributed by atoms with Crippen LogP contribution in [0.5, 0.6) is 0 Å². The van der Waals surface area contributed by atoms with E-state index in [0.29, 0.717) is 0 Å². The van der Waals surface area contributed by atoms with Crippen molar-refractivity contribution in [3.63, 3.8) is 0 Å². The summed E-state index contributed by atoms with van der Waals surface area (Å²) in [5.74, 6) is 0. The second-order valence-electron chi connectivity index (χ2n) is 2.77. The normalized spacial score (nSPS) is 13.4. The summed E-state index contributed by atoms with van der Waals surface area (Å²) in [6.07, 6.45) is 7.80. The smallest absolute Gasteiger partial charge is 0.0458 e. The molecule has 1 aromatic rings. The molecule has 1 heteroatoms. The van der Waals surface area contributed by atoms with Gasteiger partial charge in [0.2, 0.25) is 0 Å². The molecule has 0 radical (unpaired) electrons. The Morgan fingerprint density at radius 2 is 1.77 bits per heavy atom. The number of H-pyrrole nitrogens is 1. The van der Waals surface area contributed by atoms with Crippen molar-refractivity contribution < 1.29 is 0 Å². The molecular formula is C12H15N. The quantitative estimate of drug-likeness (QED) is 0.703. The molecule has 0 saturated heterocycles. The maximum Gasteiger partial charge on any atom is 0.0458 e. The second-order valence-corrected chi connectivity index (χ2v) is 2.77. The average molecular weight is 173 g/mol. The minimum atomic E-state index is 1.04.